The number of aromatic nitrogens is 2. The molecule has 0 aliphatic heterocycles. The summed E-state index contributed by atoms with van der Waals surface area (Å²) in [5.41, 5.74) is 2.22. The Bertz CT molecular complexity index is 755. The van der Waals surface area contributed by atoms with Crippen molar-refractivity contribution >= 4 is 0 Å². The summed E-state index contributed by atoms with van der Waals surface area (Å²) < 4.78 is 6.24. The zero-order valence-electron chi connectivity index (χ0n) is 21.1. The summed E-state index contributed by atoms with van der Waals surface area (Å²) in [6, 6.07) is 10.2. The van der Waals surface area contributed by atoms with Gasteiger partial charge in [-0.2, -0.15) is 4.98 Å². The molecule has 1 heterocycles. The van der Waals surface area contributed by atoms with Gasteiger partial charge in [-0.3, -0.25) is 0 Å². The van der Waals surface area contributed by atoms with Crippen molar-refractivity contribution < 1.29 is 4.74 Å². The van der Waals surface area contributed by atoms with E-state index in [0.717, 1.165) is 42.6 Å². The van der Waals surface area contributed by atoms with Gasteiger partial charge in [0.25, 0.3) is 0 Å². The maximum atomic E-state index is 6.24. The number of hydrogen-bond acceptors (Lipinski definition) is 3. The van der Waals surface area contributed by atoms with Crippen LogP contribution in [-0.4, -0.2) is 16.6 Å². The highest BCUT2D eigenvalue weighted by Crippen LogP contribution is 2.29. The smallest absolute Gasteiger partial charge is 0.220 e. The number of nitrogens with zero attached hydrogens (tertiary/aromatic N) is 2. The second-order valence-corrected chi connectivity index (χ2v) is 9.96. The highest BCUT2D eigenvalue weighted by Gasteiger charge is 2.14. The summed E-state index contributed by atoms with van der Waals surface area (Å²) >= 11 is 0. The minimum Gasteiger partial charge on any atom is -0.477 e. The van der Waals surface area contributed by atoms with Crippen LogP contribution in [0, 0.1) is 5.92 Å². The van der Waals surface area contributed by atoms with Gasteiger partial charge in [0.1, 0.15) is 0 Å². The van der Waals surface area contributed by atoms with Gasteiger partial charge in [-0.1, -0.05) is 127 Å². The summed E-state index contributed by atoms with van der Waals surface area (Å²) in [4.78, 5) is 9.50. The van der Waals surface area contributed by atoms with Gasteiger partial charge >= 0.3 is 0 Å². The first kappa shape index (κ1) is 25.7. The minimum absolute atomic E-state index is 0.763. The molecule has 0 radical (unpaired) electrons. The Morgan fingerprint density at radius 2 is 1.52 bits per heavy atom. The molecule has 1 aliphatic carbocycles. The van der Waals surface area contributed by atoms with Gasteiger partial charge in [0.15, 0.2) is 5.82 Å². The first-order valence-corrected chi connectivity index (χ1v) is 13.9. The second kappa shape index (κ2) is 15.9. The SMILES string of the molecule is CCCCCCCCCc1cnc(-c2ccccc2)nc1OCCCCCCC1CCCC1. The Kier molecular flexibility index (Phi) is 12.4. The molecule has 33 heavy (non-hydrogen) atoms. The van der Waals surface area contributed by atoms with Crippen LogP contribution in [0.1, 0.15) is 115 Å². The Hall–Kier alpha value is -1.90. The van der Waals surface area contributed by atoms with Gasteiger partial charge in [0.2, 0.25) is 5.88 Å². The van der Waals surface area contributed by atoms with Crippen LogP contribution in [0.4, 0.5) is 0 Å². The second-order valence-electron chi connectivity index (χ2n) is 9.96. The van der Waals surface area contributed by atoms with Gasteiger partial charge in [-0.15, -0.1) is 0 Å². The molecule has 0 bridgehead atoms. The van der Waals surface area contributed by atoms with Crippen molar-refractivity contribution in [2.24, 2.45) is 5.92 Å². The number of benzene rings is 1. The van der Waals surface area contributed by atoms with Crippen LogP contribution in [0.15, 0.2) is 36.5 Å². The van der Waals surface area contributed by atoms with Gasteiger partial charge < -0.3 is 4.74 Å². The zero-order chi connectivity index (χ0) is 23.0. The van der Waals surface area contributed by atoms with Crippen molar-refractivity contribution in [2.75, 3.05) is 6.61 Å². The van der Waals surface area contributed by atoms with E-state index in [4.69, 9.17) is 9.72 Å². The van der Waals surface area contributed by atoms with Gasteiger partial charge in [0, 0.05) is 17.3 Å². The van der Waals surface area contributed by atoms with Crippen LogP contribution < -0.4 is 4.74 Å². The molecule has 0 saturated heterocycles. The zero-order valence-corrected chi connectivity index (χ0v) is 21.1. The molecule has 2 aromatic rings. The number of rotatable bonds is 17. The first-order chi connectivity index (χ1) is 16.4. The van der Waals surface area contributed by atoms with E-state index in [1.165, 1.54) is 102 Å². The molecule has 1 saturated carbocycles. The molecule has 1 aromatic heterocycles. The van der Waals surface area contributed by atoms with Crippen molar-refractivity contribution in [2.45, 2.75) is 116 Å². The summed E-state index contributed by atoms with van der Waals surface area (Å²) in [5, 5.41) is 0. The Labute approximate surface area is 202 Å². The van der Waals surface area contributed by atoms with E-state index in [-0.39, 0.29) is 0 Å². The molecule has 3 rings (SSSR count). The number of ether oxygens (including phenoxy) is 1. The molecular formula is C30H46N2O. The summed E-state index contributed by atoms with van der Waals surface area (Å²) in [7, 11) is 0. The van der Waals surface area contributed by atoms with Crippen LogP contribution in [0.25, 0.3) is 11.4 Å². The maximum absolute atomic E-state index is 6.24. The average molecular weight is 451 g/mol. The van der Waals surface area contributed by atoms with E-state index in [0.29, 0.717) is 0 Å². The van der Waals surface area contributed by atoms with E-state index in [1.54, 1.807) is 0 Å². The fraction of sp³-hybridized carbons (Fsp3) is 0.667. The minimum atomic E-state index is 0.763. The molecule has 0 N–H and O–H groups in total. The van der Waals surface area contributed by atoms with Crippen LogP contribution in [0.3, 0.4) is 0 Å². The number of aryl methyl sites for hydroxylation is 1. The number of hydrogen-bond donors (Lipinski definition) is 0. The highest BCUT2D eigenvalue weighted by molar-refractivity contribution is 5.55. The summed E-state index contributed by atoms with van der Waals surface area (Å²) in [5.74, 6) is 2.60. The fourth-order valence-electron chi connectivity index (χ4n) is 5.04. The molecule has 182 valence electrons. The van der Waals surface area contributed by atoms with Crippen molar-refractivity contribution in [3.8, 4) is 17.3 Å². The molecule has 3 nitrogen and oxygen atoms in total. The average Bonchev–Trinajstić information content (AvgIpc) is 3.37. The van der Waals surface area contributed by atoms with Crippen LogP contribution in [0.5, 0.6) is 5.88 Å². The van der Waals surface area contributed by atoms with E-state index in [9.17, 15) is 0 Å². The lowest BCUT2D eigenvalue weighted by Crippen LogP contribution is -2.05. The maximum Gasteiger partial charge on any atom is 0.220 e. The molecular weight excluding hydrogens is 404 g/mol. The van der Waals surface area contributed by atoms with Crippen LogP contribution >= 0.6 is 0 Å². The highest BCUT2D eigenvalue weighted by atomic mass is 16.5. The Morgan fingerprint density at radius 3 is 2.30 bits per heavy atom. The van der Waals surface area contributed by atoms with Crippen molar-refractivity contribution in [1.29, 1.82) is 0 Å². The van der Waals surface area contributed by atoms with Gasteiger partial charge in [-0.05, 0) is 25.2 Å². The standard InChI is InChI=1S/C30H46N2O/c1-2-3-4-5-6-7-12-23-28-25-31-29(27-21-13-10-14-22-27)32-30(28)33-24-17-9-8-11-18-26-19-15-16-20-26/h10,13-14,21-22,25-26H,2-9,11-12,15-20,23-24H2,1H3. The first-order valence-electron chi connectivity index (χ1n) is 13.9. The van der Waals surface area contributed by atoms with E-state index >= 15 is 0 Å². The lowest BCUT2D eigenvalue weighted by Gasteiger charge is -2.12. The van der Waals surface area contributed by atoms with E-state index < -0.39 is 0 Å². The Balaban J connectivity index is 1.44. The molecule has 0 atom stereocenters. The van der Waals surface area contributed by atoms with E-state index in [2.05, 4.69) is 24.0 Å². The quantitative estimate of drug-likeness (QED) is 0.226. The third-order valence-corrected chi connectivity index (χ3v) is 7.13. The molecule has 1 fully saturated rings. The van der Waals surface area contributed by atoms with Crippen molar-refractivity contribution in [3.63, 3.8) is 0 Å². The predicted molar refractivity (Wildman–Crippen MR) is 140 cm³/mol. The largest absolute Gasteiger partial charge is 0.477 e. The van der Waals surface area contributed by atoms with Crippen molar-refractivity contribution in [3.05, 3.63) is 42.1 Å². The summed E-state index contributed by atoms with van der Waals surface area (Å²) in [6.07, 6.45) is 24.7. The third-order valence-electron chi connectivity index (χ3n) is 7.13. The monoisotopic (exact) mass is 450 g/mol. The predicted octanol–water partition coefficient (Wildman–Crippen LogP) is 8.96. The molecule has 0 unspecified atom stereocenters. The molecule has 0 amide bonds. The van der Waals surface area contributed by atoms with Crippen molar-refractivity contribution in [1.82, 2.24) is 9.97 Å². The van der Waals surface area contributed by atoms with Gasteiger partial charge in [-0.25, -0.2) is 4.98 Å². The topological polar surface area (TPSA) is 35.0 Å². The molecule has 1 aliphatic rings. The van der Waals surface area contributed by atoms with Crippen LogP contribution in [0.2, 0.25) is 0 Å². The van der Waals surface area contributed by atoms with Crippen LogP contribution in [-0.2, 0) is 6.42 Å². The lowest BCUT2D eigenvalue weighted by atomic mass is 9.99. The third kappa shape index (κ3) is 9.86. The Morgan fingerprint density at radius 1 is 0.818 bits per heavy atom. The summed E-state index contributed by atoms with van der Waals surface area (Å²) in [6.45, 7) is 3.04. The molecule has 0 spiro atoms. The van der Waals surface area contributed by atoms with E-state index in [1.807, 2.05) is 24.4 Å². The van der Waals surface area contributed by atoms with Gasteiger partial charge in [0.05, 0.1) is 6.61 Å². The normalized spacial score (nSPS) is 14.1. The lowest BCUT2D eigenvalue weighted by molar-refractivity contribution is 0.288. The number of unbranched alkanes of at least 4 members (excludes halogenated alkanes) is 9. The molecule has 3 heteroatoms. The molecule has 1 aromatic carbocycles. The fourth-order valence-corrected chi connectivity index (χ4v) is 5.04.